The molecule has 0 aromatic heterocycles. The number of amides is 1. The number of thioether (sulfide) groups is 1. The number of anilines is 1. The summed E-state index contributed by atoms with van der Waals surface area (Å²) in [5.74, 6) is 0.913. The normalized spacial score (nSPS) is 10.4. The Bertz CT molecular complexity index is 646. The van der Waals surface area contributed by atoms with Gasteiger partial charge in [-0.05, 0) is 36.2 Å². The van der Waals surface area contributed by atoms with Gasteiger partial charge in [0, 0.05) is 10.8 Å². The minimum Gasteiger partial charge on any atom is -0.506 e. The Morgan fingerprint density at radius 3 is 2.76 bits per heavy atom. The molecular formula is C16H16ClNO2S. The van der Waals surface area contributed by atoms with Gasteiger partial charge in [0.25, 0.3) is 0 Å². The molecule has 0 aliphatic carbocycles. The number of hydrogen-bond donors (Lipinski definition) is 2. The number of halogens is 1. The lowest BCUT2D eigenvalue weighted by Gasteiger charge is -2.08. The van der Waals surface area contributed by atoms with Gasteiger partial charge in [-0.3, -0.25) is 4.79 Å². The van der Waals surface area contributed by atoms with E-state index < -0.39 is 0 Å². The fourth-order valence-corrected chi connectivity index (χ4v) is 2.92. The van der Waals surface area contributed by atoms with Crippen molar-refractivity contribution in [3.05, 3.63) is 58.6 Å². The number of carbonyl (C=O) groups excluding carboxylic acids is 1. The van der Waals surface area contributed by atoms with Crippen LogP contribution in [0, 0.1) is 6.92 Å². The highest BCUT2D eigenvalue weighted by Crippen LogP contribution is 2.25. The molecule has 0 heterocycles. The maximum atomic E-state index is 11.8. The van der Waals surface area contributed by atoms with Gasteiger partial charge in [-0.2, -0.15) is 0 Å². The van der Waals surface area contributed by atoms with Crippen molar-refractivity contribution in [3.63, 3.8) is 0 Å². The topological polar surface area (TPSA) is 49.3 Å². The predicted octanol–water partition coefficient (Wildman–Crippen LogP) is 4.23. The van der Waals surface area contributed by atoms with Crippen molar-refractivity contribution in [2.45, 2.75) is 12.7 Å². The van der Waals surface area contributed by atoms with Gasteiger partial charge in [0.05, 0.1) is 11.4 Å². The maximum Gasteiger partial charge on any atom is 0.234 e. The second-order valence-corrected chi connectivity index (χ2v) is 6.05. The van der Waals surface area contributed by atoms with E-state index in [4.69, 9.17) is 11.6 Å². The second kappa shape index (κ2) is 7.38. The van der Waals surface area contributed by atoms with Crippen LogP contribution in [0.4, 0.5) is 5.69 Å². The molecule has 21 heavy (non-hydrogen) atoms. The fourth-order valence-electron chi connectivity index (χ4n) is 1.80. The van der Waals surface area contributed by atoms with Gasteiger partial charge in [0.1, 0.15) is 5.75 Å². The Balaban J connectivity index is 1.84. The lowest BCUT2D eigenvalue weighted by atomic mass is 10.2. The molecule has 2 aromatic carbocycles. The van der Waals surface area contributed by atoms with Crippen molar-refractivity contribution in [3.8, 4) is 5.75 Å². The first kappa shape index (κ1) is 15.7. The van der Waals surface area contributed by atoms with Crippen molar-refractivity contribution in [1.29, 1.82) is 0 Å². The largest absolute Gasteiger partial charge is 0.506 e. The molecule has 2 rings (SSSR count). The Morgan fingerprint density at radius 2 is 2.05 bits per heavy atom. The zero-order valence-corrected chi connectivity index (χ0v) is 13.2. The molecule has 0 bridgehead atoms. The van der Waals surface area contributed by atoms with Crippen molar-refractivity contribution >= 4 is 35.0 Å². The van der Waals surface area contributed by atoms with Crippen molar-refractivity contribution in [2.24, 2.45) is 0 Å². The summed E-state index contributed by atoms with van der Waals surface area (Å²) in [6, 6.07) is 12.7. The van der Waals surface area contributed by atoms with Crippen LogP contribution in [0.5, 0.6) is 5.75 Å². The first-order valence-electron chi connectivity index (χ1n) is 6.47. The molecule has 0 aliphatic heterocycles. The number of hydrogen-bond acceptors (Lipinski definition) is 3. The smallest absolute Gasteiger partial charge is 0.234 e. The first-order chi connectivity index (χ1) is 10.1. The summed E-state index contributed by atoms with van der Waals surface area (Å²) >= 11 is 7.54. The second-order valence-electron chi connectivity index (χ2n) is 4.65. The van der Waals surface area contributed by atoms with Crippen LogP contribution < -0.4 is 5.32 Å². The standard InChI is InChI=1S/C16H16ClNO2S/c1-11-6-7-14(15(19)8-11)18-16(20)10-21-9-12-4-2-3-5-13(12)17/h2-8,19H,9-10H2,1H3,(H,18,20). The molecular weight excluding hydrogens is 306 g/mol. The van der Waals surface area contributed by atoms with Gasteiger partial charge >= 0.3 is 0 Å². The Kier molecular flexibility index (Phi) is 5.53. The van der Waals surface area contributed by atoms with E-state index in [0.717, 1.165) is 11.1 Å². The van der Waals surface area contributed by atoms with Crippen LogP contribution in [0.1, 0.15) is 11.1 Å². The highest BCUT2D eigenvalue weighted by atomic mass is 35.5. The summed E-state index contributed by atoms with van der Waals surface area (Å²) in [6.07, 6.45) is 0. The third-order valence-corrected chi connectivity index (χ3v) is 4.23. The third-order valence-electron chi connectivity index (χ3n) is 2.88. The molecule has 1 amide bonds. The van der Waals surface area contributed by atoms with Crippen LogP contribution in [-0.2, 0) is 10.5 Å². The minimum atomic E-state index is -0.147. The molecule has 0 saturated heterocycles. The van der Waals surface area contributed by atoms with Gasteiger partial charge in [-0.25, -0.2) is 0 Å². The molecule has 0 fully saturated rings. The van der Waals surface area contributed by atoms with E-state index in [9.17, 15) is 9.90 Å². The van der Waals surface area contributed by atoms with E-state index in [1.54, 1.807) is 12.1 Å². The highest BCUT2D eigenvalue weighted by molar-refractivity contribution is 7.99. The zero-order valence-electron chi connectivity index (χ0n) is 11.6. The van der Waals surface area contributed by atoms with E-state index in [-0.39, 0.29) is 11.7 Å². The summed E-state index contributed by atoms with van der Waals surface area (Å²) in [5.41, 5.74) is 2.39. The van der Waals surface area contributed by atoms with Gasteiger partial charge in [0.15, 0.2) is 0 Å². The third kappa shape index (κ3) is 4.69. The Labute approximate surface area is 133 Å². The lowest BCUT2D eigenvalue weighted by Crippen LogP contribution is -2.14. The monoisotopic (exact) mass is 321 g/mol. The molecule has 0 unspecified atom stereocenters. The minimum absolute atomic E-state index is 0.0828. The number of nitrogens with one attached hydrogen (secondary N) is 1. The van der Waals surface area contributed by atoms with Crippen molar-refractivity contribution < 1.29 is 9.90 Å². The summed E-state index contributed by atoms with van der Waals surface area (Å²) < 4.78 is 0. The van der Waals surface area contributed by atoms with Crippen LogP contribution in [0.15, 0.2) is 42.5 Å². The van der Waals surface area contributed by atoms with E-state index in [2.05, 4.69) is 5.32 Å². The molecule has 5 heteroatoms. The number of phenolic OH excluding ortho intramolecular Hbond substituents is 1. The number of aromatic hydroxyl groups is 1. The van der Waals surface area contributed by atoms with Gasteiger partial charge in [-0.15, -0.1) is 11.8 Å². The molecule has 110 valence electrons. The molecule has 0 aliphatic rings. The summed E-state index contributed by atoms with van der Waals surface area (Å²) in [6.45, 7) is 1.88. The summed E-state index contributed by atoms with van der Waals surface area (Å²) in [5, 5.41) is 13.1. The number of carbonyl (C=O) groups is 1. The highest BCUT2D eigenvalue weighted by Gasteiger charge is 2.07. The lowest BCUT2D eigenvalue weighted by molar-refractivity contribution is -0.113. The Hall–Kier alpha value is -1.65. The van der Waals surface area contributed by atoms with Crippen LogP contribution in [0.3, 0.4) is 0 Å². The van der Waals surface area contributed by atoms with Crippen LogP contribution in [0.2, 0.25) is 5.02 Å². The van der Waals surface area contributed by atoms with Gasteiger partial charge in [-0.1, -0.05) is 35.9 Å². The van der Waals surface area contributed by atoms with Gasteiger partial charge in [0.2, 0.25) is 5.91 Å². The summed E-state index contributed by atoms with van der Waals surface area (Å²) in [4.78, 5) is 11.8. The van der Waals surface area contributed by atoms with Crippen LogP contribution in [-0.4, -0.2) is 16.8 Å². The number of benzene rings is 2. The molecule has 3 nitrogen and oxygen atoms in total. The molecule has 0 spiro atoms. The molecule has 0 radical (unpaired) electrons. The number of phenols is 1. The number of rotatable bonds is 5. The first-order valence-corrected chi connectivity index (χ1v) is 8.00. The molecule has 2 N–H and O–H groups in total. The average molecular weight is 322 g/mol. The molecule has 2 aromatic rings. The van der Waals surface area contributed by atoms with Crippen LogP contribution >= 0.6 is 23.4 Å². The molecule has 0 atom stereocenters. The predicted molar refractivity (Wildman–Crippen MR) is 89.1 cm³/mol. The average Bonchev–Trinajstić information content (AvgIpc) is 2.44. The zero-order chi connectivity index (χ0) is 15.2. The van der Waals surface area contributed by atoms with E-state index in [1.807, 2.05) is 37.3 Å². The SMILES string of the molecule is Cc1ccc(NC(=O)CSCc2ccccc2Cl)c(O)c1. The van der Waals surface area contributed by atoms with E-state index in [0.29, 0.717) is 22.2 Å². The maximum absolute atomic E-state index is 11.8. The molecule has 0 saturated carbocycles. The number of aryl methyl sites for hydroxylation is 1. The fraction of sp³-hybridized carbons (Fsp3) is 0.188. The van der Waals surface area contributed by atoms with Gasteiger partial charge < -0.3 is 10.4 Å². The van der Waals surface area contributed by atoms with E-state index in [1.165, 1.54) is 11.8 Å². The van der Waals surface area contributed by atoms with E-state index >= 15 is 0 Å². The van der Waals surface area contributed by atoms with Crippen molar-refractivity contribution in [2.75, 3.05) is 11.1 Å². The Morgan fingerprint density at radius 1 is 1.29 bits per heavy atom. The quantitative estimate of drug-likeness (QED) is 0.810. The van der Waals surface area contributed by atoms with Crippen molar-refractivity contribution in [1.82, 2.24) is 0 Å². The summed E-state index contributed by atoms with van der Waals surface area (Å²) in [7, 11) is 0. The van der Waals surface area contributed by atoms with Crippen LogP contribution in [0.25, 0.3) is 0 Å².